The maximum absolute atomic E-state index is 10.4. The summed E-state index contributed by atoms with van der Waals surface area (Å²) >= 11 is 0. The zero-order valence-electron chi connectivity index (χ0n) is 7.16. The van der Waals surface area contributed by atoms with E-state index in [0.717, 1.165) is 19.1 Å². The van der Waals surface area contributed by atoms with Crippen molar-refractivity contribution in [1.82, 2.24) is 4.90 Å². The second kappa shape index (κ2) is 3.67. The van der Waals surface area contributed by atoms with Gasteiger partial charge in [0.15, 0.2) is 0 Å². The van der Waals surface area contributed by atoms with Crippen LogP contribution in [0.5, 0.6) is 0 Å². The lowest BCUT2D eigenvalue weighted by molar-refractivity contribution is -0.110. The van der Waals surface area contributed by atoms with Crippen LogP contribution in [-0.2, 0) is 4.79 Å². The van der Waals surface area contributed by atoms with Crippen LogP contribution in [0.3, 0.4) is 0 Å². The average Bonchev–Trinajstić information content (AvgIpc) is 2.05. The van der Waals surface area contributed by atoms with Crippen molar-refractivity contribution < 1.29 is 4.79 Å². The van der Waals surface area contributed by atoms with Crippen molar-refractivity contribution in [2.45, 2.75) is 18.9 Å². The molecular formula is C9H15NO. The van der Waals surface area contributed by atoms with E-state index in [4.69, 9.17) is 0 Å². The van der Waals surface area contributed by atoms with Crippen LogP contribution in [0, 0.1) is 5.92 Å². The van der Waals surface area contributed by atoms with Crippen molar-refractivity contribution in [2.24, 2.45) is 5.92 Å². The number of rotatable bonds is 2. The quantitative estimate of drug-likeness (QED) is 0.437. The van der Waals surface area contributed by atoms with Gasteiger partial charge in [0.2, 0.25) is 0 Å². The SMILES string of the molecule is CN(C)C1C=CC(C=O)CC1. The molecule has 62 valence electrons. The van der Waals surface area contributed by atoms with Crippen molar-refractivity contribution in [3.8, 4) is 0 Å². The van der Waals surface area contributed by atoms with E-state index in [1.165, 1.54) is 0 Å². The molecule has 0 saturated carbocycles. The van der Waals surface area contributed by atoms with Crippen LogP contribution in [0.4, 0.5) is 0 Å². The highest BCUT2D eigenvalue weighted by atomic mass is 16.1. The lowest BCUT2D eigenvalue weighted by atomic mass is 9.93. The number of carbonyl (C=O) groups is 1. The third-order valence-electron chi connectivity index (χ3n) is 2.21. The van der Waals surface area contributed by atoms with Gasteiger partial charge < -0.3 is 9.69 Å². The van der Waals surface area contributed by atoms with Gasteiger partial charge in [-0.2, -0.15) is 0 Å². The van der Waals surface area contributed by atoms with Gasteiger partial charge in [0.1, 0.15) is 6.29 Å². The van der Waals surface area contributed by atoms with Crippen molar-refractivity contribution in [2.75, 3.05) is 14.1 Å². The monoisotopic (exact) mass is 153 g/mol. The Kier molecular flexibility index (Phi) is 2.83. The summed E-state index contributed by atoms with van der Waals surface area (Å²) in [4.78, 5) is 12.5. The minimum Gasteiger partial charge on any atom is -0.303 e. The molecule has 0 bridgehead atoms. The largest absolute Gasteiger partial charge is 0.303 e. The summed E-state index contributed by atoms with van der Waals surface area (Å²) in [5, 5.41) is 0. The summed E-state index contributed by atoms with van der Waals surface area (Å²) in [5.74, 6) is 0.172. The fourth-order valence-electron chi connectivity index (χ4n) is 1.37. The van der Waals surface area contributed by atoms with Gasteiger partial charge in [-0.05, 0) is 26.9 Å². The Morgan fingerprint density at radius 1 is 1.36 bits per heavy atom. The van der Waals surface area contributed by atoms with Gasteiger partial charge in [-0.25, -0.2) is 0 Å². The van der Waals surface area contributed by atoms with E-state index in [1.807, 2.05) is 6.08 Å². The molecule has 1 aliphatic carbocycles. The Bertz CT molecular complexity index is 163. The third kappa shape index (κ3) is 2.15. The van der Waals surface area contributed by atoms with Crippen LogP contribution in [-0.4, -0.2) is 31.3 Å². The van der Waals surface area contributed by atoms with Gasteiger partial charge in [-0.1, -0.05) is 12.2 Å². The average molecular weight is 153 g/mol. The van der Waals surface area contributed by atoms with E-state index < -0.39 is 0 Å². The van der Waals surface area contributed by atoms with Crippen molar-refractivity contribution in [3.05, 3.63) is 12.2 Å². The summed E-state index contributed by atoms with van der Waals surface area (Å²) in [7, 11) is 4.13. The molecule has 0 aliphatic heterocycles. The van der Waals surface area contributed by atoms with Gasteiger partial charge >= 0.3 is 0 Å². The smallest absolute Gasteiger partial charge is 0.126 e. The maximum atomic E-state index is 10.4. The zero-order chi connectivity index (χ0) is 8.27. The number of likely N-dealkylation sites (N-methyl/N-ethyl adjacent to an activating group) is 1. The molecule has 0 N–H and O–H groups in total. The van der Waals surface area contributed by atoms with Crippen LogP contribution >= 0.6 is 0 Å². The molecular weight excluding hydrogens is 138 g/mol. The molecule has 0 spiro atoms. The van der Waals surface area contributed by atoms with Crippen LogP contribution in [0.25, 0.3) is 0 Å². The topological polar surface area (TPSA) is 20.3 Å². The lowest BCUT2D eigenvalue weighted by Gasteiger charge is -2.25. The summed E-state index contributed by atoms with van der Waals surface area (Å²) in [6, 6.07) is 0.534. The Balaban J connectivity index is 2.48. The van der Waals surface area contributed by atoms with E-state index >= 15 is 0 Å². The van der Waals surface area contributed by atoms with Crippen molar-refractivity contribution in [1.29, 1.82) is 0 Å². The third-order valence-corrected chi connectivity index (χ3v) is 2.21. The standard InChI is InChI=1S/C9H15NO/c1-10(2)9-5-3-8(7-11)4-6-9/h3,5,7-9H,4,6H2,1-2H3. The molecule has 2 atom stereocenters. The van der Waals surface area contributed by atoms with E-state index in [9.17, 15) is 4.79 Å². The molecule has 2 heteroatoms. The highest BCUT2D eigenvalue weighted by Crippen LogP contribution is 2.17. The highest BCUT2D eigenvalue weighted by Gasteiger charge is 2.15. The van der Waals surface area contributed by atoms with E-state index in [1.54, 1.807) is 0 Å². The lowest BCUT2D eigenvalue weighted by Crippen LogP contribution is -2.28. The van der Waals surface area contributed by atoms with Gasteiger partial charge in [0, 0.05) is 12.0 Å². The molecule has 11 heavy (non-hydrogen) atoms. The number of carbonyl (C=O) groups excluding carboxylic acids is 1. The van der Waals surface area contributed by atoms with E-state index in [2.05, 4.69) is 25.1 Å². The molecule has 1 rings (SSSR count). The van der Waals surface area contributed by atoms with Crippen LogP contribution in [0.2, 0.25) is 0 Å². The van der Waals surface area contributed by atoms with Crippen LogP contribution in [0.15, 0.2) is 12.2 Å². The minimum absolute atomic E-state index is 0.172. The molecule has 0 aromatic heterocycles. The van der Waals surface area contributed by atoms with Crippen molar-refractivity contribution in [3.63, 3.8) is 0 Å². The maximum Gasteiger partial charge on any atom is 0.126 e. The molecule has 0 aromatic rings. The first-order valence-electron chi connectivity index (χ1n) is 4.04. The normalized spacial score (nSPS) is 30.8. The van der Waals surface area contributed by atoms with Gasteiger partial charge in [0.05, 0.1) is 0 Å². The number of hydrogen-bond acceptors (Lipinski definition) is 2. The molecule has 2 unspecified atom stereocenters. The molecule has 0 radical (unpaired) electrons. The summed E-state index contributed by atoms with van der Waals surface area (Å²) in [6.45, 7) is 0. The molecule has 0 heterocycles. The molecule has 0 aromatic carbocycles. The Labute approximate surface area is 67.9 Å². The molecule has 0 fully saturated rings. The first-order valence-corrected chi connectivity index (χ1v) is 4.04. The van der Waals surface area contributed by atoms with E-state index in [0.29, 0.717) is 6.04 Å². The molecule has 0 saturated heterocycles. The van der Waals surface area contributed by atoms with Gasteiger partial charge in [0.25, 0.3) is 0 Å². The number of nitrogens with zero attached hydrogens (tertiary/aromatic N) is 1. The molecule has 2 nitrogen and oxygen atoms in total. The van der Waals surface area contributed by atoms with Gasteiger partial charge in [-0.15, -0.1) is 0 Å². The fraction of sp³-hybridized carbons (Fsp3) is 0.667. The fourth-order valence-corrected chi connectivity index (χ4v) is 1.37. The van der Waals surface area contributed by atoms with E-state index in [-0.39, 0.29) is 5.92 Å². The first-order chi connectivity index (χ1) is 5.24. The predicted octanol–water partition coefficient (Wildman–Crippen LogP) is 1.08. The Morgan fingerprint density at radius 3 is 2.45 bits per heavy atom. The summed E-state index contributed by atoms with van der Waals surface area (Å²) in [5.41, 5.74) is 0. The van der Waals surface area contributed by atoms with Crippen molar-refractivity contribution >= 4 is 6.29 Å². The first kappa shape index (κ1) is 8.47. The second-order valence-corrected chi connectivity index (χ2v) is 3.29. The number of aldehydes is 1. The summed E-state index contributed by atoms with van der Waals surface area (Å²) in [6.07, 6.45) is 7.28. The summed E-state index contributed by atoms with van der Waals surface area (Å²) < 4.78 is 0. The molecule has 1 aliphatic rings. The van der Waals surface area contributed by atoms with Gasteiger partial charge in [-0.3, -0.25) is 0 Å². The highest BCUT2D eigenvalue weighted by molar-refractivity contribution is 5.56. The Morgan fingerprint density at radius 2 is 2.09 bits per heavy atom. The number of hydrogen-bond donors (Lipinski definition) is 0. The number of allylic oxidation sites excluding steroid dienone is 1. The second-order valence-electron chi connectivity index (χ2n) is 3.29. The zero-order valence-corrected chi connectivity index (χ0v) is 7.16. The molecule has 0 amide bonds. The minimum atomic E-state index is 0.172. The predicted molar refractivity (Wildman–Crippen MR) is 45.4 cm³/mol. The van der Waals surface area contributed by atoms with Crippen LogP contribution < -0.4 is 0 Å². The van der Waals surface area contributed by atoms with Crippen LogP contribution in [0.1, 0.15) is 12.8 Å². The Hall–Kier alpha value is -0.630.